The molecular formula is C13H20N2O. The van der Waals surface area contributed by atoms with Crippen LogP contribution in [0.1, 0.15) is 12.5 Å². The predicted octanol–water partition coefficient (Wildman–Crippen LogP) is 1.78. The van der Waals surface area contributed by atoms with Gasteiger partial charge in [-0.25, -0.2) is 0 Å². The third-order valence-electron chi connectivity index (χ3n) is 2.78. The van der Waals surface area contributed by atoms with E-state index in [0.29, 0.717) is 6.10 Å². The van der Waals surface area contributed by atoms with Crippen LogP contribution in [0.5, 0.6) is 0 Å². The fourth-order valence-corrected chi connectivity index (χ4v) is 1.98. The minimum Gasteiger partial charge on any atom is -0.382 e. The SMILES string of the molecule is Cc1cccc(NC[C@@H]2CNC[C@@H](C)O2)c1. The zero-order chi connectivity index (χ0) is 11.4. The summed E-state index contributed by atoms with van der Waals surface area (Å²) in [4.78, 5) is 0. The van der Waals surface area contributed by atoms with Gasteiger partial charge in [-0.1, -0.05) is 12.1 Å². The van der Waals surface area contributed by atoms with Crippen molar-refractivity contribution in [3.05, 3.63) is 29.8 Å². The lowest BCUT2D eigenvalue weighted by atomic mass is 10.2. The molecule has 1 aromatic carbocycles. The Labute approximate surface area is 97.2 Å². The fraction of sp³-hybridized carbons (Fsp3) is 0.538. The third kappa shape index (κ3) is 3.22. The van der Waals surface area contributed by atoms with Crippen molar-refractivity contribution in [2.75, 3.05) is 25.0 Å². The summed E-state index contributed by atoms with van der Waals surface area (Å²) < 4.78 is 5.81. The molecule has 1 heterocycles. The highest BCUT2D eigenvalue weighted by Gasteiger charge is 2.17. The second kappa shape index (κ2) is 5.32. The van der Waals surface area contributed by atoms with Crippen molar-refractivity contribution in [3.8, 4) is 0 Å². The lowest BCUT2D eigenvalue weighted by molar-refractivity contribution is -0.0196. The van der Waals surface area contributed by atoms with Gasteiger partial charge in [-0.3, -0.25) is 0 Å². The summed E-state index contributed by atoms with van der Waals surface area (Å²) >= 11 is 0. The Morgan fingerprint density at radius 2 is 2.31 bits per heavy atom. The molecule has 1 aromatic rings. The highest BCUT2D eigenvalue weighted by molar-refractivity contribution is 5.45. The van der Waals surface area contributed by atoms with Crippen LogP contribution >= 0.6 is 0 Å². The lowest BCUT2D eigenvalue weighted by Crippen LogP contribution is -2.46. The van der Waals surface area contributed by atoms with Crippen LogP contribution in [0.25, 0.3) is 0 Å². The Bertz CT molecular complexity index is 340. The Morgan fingerprint density at radius 3 is 3.06 bits per heavy atom. The van der Waals surface area contributed by atoms with E-state index < -0.39 is 0 Å². The van der Waals surface area contributed by atoms with Crippen LogP contribution in [0.15, 0.2) is 24.3 Å². The highest BCUT2D eigenvalue weighted by atomic mass is 16.5. The predicted molar refractivity (Wildman–Crippen MR) is 66.9 cm³/mol. The van der Waals surface area contributed by atoms with E-state index in [1.165, 1.54) is 11.3 Å². The molecule has 0 spiro atoms. The van der Waals surface area contributed by atoms with Crippen molar-refractivity contribution in [3.63, 3.8) is 0 Å². The minimum atomic E-state index is 0.268. The Morgan fingerprint density at radius 1 is 1.44 bits per heavy atom. The van der Waals surface area contributed by atoms with Gasteiger partial charge in [0.1, 0.15) is 0 Å². The molecule has 1 fully saturated rings. The van der Waals surface area contributed by atoms with E-state index in [2.05, 4.69) is 48.7 Å². The first kappa shape index (κ1) is 11.4. The van der Waals surface area contributed by atoms with Gasteiger partial charge in [0.25, 0.3) is 0 Å². The fourth-order valence-electron chi connectivity index (χ4n) is 1.98. The largest absolute Gasteiger partial charge is 0.382 e. The number of rotatable bonds is 3. The molecule has 0 amide bonds. The zero-order valence-electron chi connectivity index (χ0n) is 9.99. The Balaban J connectivity index is 1.82. The lowest BCUT2D eigenvalue weighted by Gasteiger charge is -2.29. The molecule has 0 radical (unpaired) electrons. The van der Waals surface area contributed by atoms with Crippen LogP contribution in [0.2, 0.25) is 0 Å². The summed E-state index contributed by atoms with van der Waals surface area (Å²) in [5, 5.41) is 6.78. The van der Waals surface area contributed by atoms with Crippen LogP contribution in [0, 0.1) is 6.92 Å². The first-order chi connectivity index (χ1) is 7.74. The van der Waals surface area contributed by atoms with Gasteiger partial charge in [0, 0.05) is 25.3 Å². The summed E-state index contributed by atoms with van der Waals surface area (Å²) in [6, 6.07) is 8.42. The number of hydrogen-bond acceptors (Lipinski definition) is 3. The van der Waals surface area contributed by atoms with Crippen molar-refractivity contribution < 1.29 is 4.74 Å². The van der Waals surface area contributed by atoms with E-state index in [-0.39, 0.29) is 6.10 Å². The van der Waals surface area contributed by atoms with Crippen molar-refractivity contribution in [1.82, 2.24) is 5.32 Å². The Hall–Kier alpha value is -1.06. The van der Waals surface area contributed by atoms with E-state index in [0.717, 1.165) is 19.6 Å². The van der Waals surface area contributed by atoms with Gasteiger partial charge in [0.05, 0.1) is 12.2 Å². The highest BCUT2D eigenvalue weighted by Crippen LogP contribution is 2.10. The molecule has 3 heteroatoms. The number of anilines is 1. The summed E-state index contributed by atoms with van der Waals surface area (Å²) in [5.41, 5.74) is 2.45. The monoisotopic (exact) mass is 220 g/mol. The number of morpholine rings is 1. The maximum absolute atomic E-state index is 5.81. The minimum absolute atomic E-state index is 0.268. The average Bonchev–Trinajstić information content (AvgIpc) is 2.27. The van der Waals surface area contributed by atoms with Crippen LogP contribution < -0.4 is 10.6 Å². The molecule has 1 saturated heterocycles. The molecule has 1 aliphatic rings. The summed E-state index contributed by atoms with van der Waals surface area (Å²) in [7, 11) is 0. The van der Waals surface area contributed by atoms with Gasteiger partial charge in [0.2, 0.25) is 0 Å². The molecule has 0 saturated carbocycles. The first-order valence-electron chi connectivity index (χ1n) is 5.91. The normalized spacial score (nSPS) is 25.4. The van der Waals surface area contributed by atoms with Crippen LogP contribution in [-0.2, 0) is 4.74 Å². The van der Waals surface area contributed by atoms with Crippen LogP contribution in [0.4, 0.5) is 5.69 Å². The molecule has 16 heavy (non-hydrogen) atoms. The summed E-state index contributed by atoms with van der Waals surface area (Å²) in [6.07, 6.45) is 0.585. The molecule has 2 atom stereocenters. The maximum Gasteiger partial charge on any atom is 0.0875 e. The van der Waals surface area contributed by atoms with E-state index in [4.69, 9.17) is 4.74 Å². The van der Waals surface area contributed by atoms with Crippen molar-refractivity contribution in [2.45, 2.75) is 26.1 Å². The van der Waals surface area contributed by atoms with Gasteiger partial charge in [-0.05, 0) is 31.5 Å². The number of ether oxygens (including phenoxy) is 1. The number of nitrogens with one attached hydrogen (secondary N) is 2. The summed E-state index contributed by atoms with van der Waals surface area (Å²) in [5.74, 6) is 0. The van der Waals surface area contributed by atoms with E-state index >= 15 is 0 Å². The number of hydrogen-bond donors (Lipinski definition) is 2. The van der Waals surface area contributed by atoms with Crippen LogP contribution in [0.3, 0.4) is 0 Å². The smallest absolute Gasteiger partial charge is 0.0875 e. The van der Waals surface area contributed by atoms with E-state index in [9.17, 15) is 0 Å². The van der Waals surface area contributed by atoms with Crippen molar-refractivity contribution in [2.24, 2.45) is 0 Å². The molecule has 88 valence electrons. The molecule has 0 aromatic heterocycles. The quantitative estimate of drug-likeness (QED) is 0.814. The zero-order valence-corrected chi connectivity index (χ0v) is 9.99. The van der Waals surface area contributed by atoms with Crippen LogP contribution in [-0.4, -0.2) is 31.8 Å². The van der Waals surface area contributed by atoms with E-state index in [1.807, 2.05) is 0 Å². The van der Waals surface area contributed by atoms with Gasteiger partial charge in [0.15, 0.2) is 0 Å². The molecule has 1 aliphatic heterocycles. The van der Waals surface area contributed by atoms with Crippen molar-refractivity contribution in [1.29, 1.82) is 0 Å². The molecule has 0 bridgehead atoms. The van der Waals surface area contributed by atoms with Crippen molar-refractivity contribution >= 4 is 5.69 Å². The standard InChI is InChI=1S/C13H20N2O/c1-10-4-3-5-12(6-10)15-9-13-8-14-7-11(2)16-13/h3-6,11,13-15H,7-9H2,1-2H3/t11-,13+/m1/s1. The Kier molecular flexibility index (Phi) is 3.80. The van der Waals surface area contributed by atoms with E-state index in [1.54, 1.807) is 0 Å². The topological polar surface area (TPSA) is 33.3 Å². The molecule has 2 rings (SSSR count). The number of benzene rings is 1. The molecule has 2 N–H and O–H groups in total. The molecular weight excluding hydrogens is 200 g/mol. The summed E-state index contributed by atoms with van der Waals surface area (Å²) in [6.45, 7) is 6.96. The molecule has 0 unspecified atom stereocenters. The third-order valence-corrected chi connectivity index (χ3v) is 2.78. The maximum atomic E-state index is 5.81. The van der Waals surface area contributed by atoms with Gasteiger partial charge < -0.3 is 15.4 Å². The molecule has 3 nitrogen and oxygen atoms in total. The second-order valence-electron chi connectivity index (χ2n) is 4.48. The average molecular weight is 220 g/mol. The number of aryl methyl sites for hydroxylation is 1. The molecule has 0 aliphatic carbocycles. The second-order valence-corrected chi connectivity index (χ2v) is 4.48. The van der Waals surface area contributed by atoms with Gasteiger partial charge >= 0.3 is 0 Å². The first-order valence-corrected chi connectivity index (χ1v) is 5.91. The van der Waals surface area contributed by atoms with Gasteiger partial charge in [-0.15, -0.1) is 0 Å². The van der Waals surface area contributed by atoms with Gasteiger partial charge in [-0.2, -0.15) is 0 Å².